The van der Waals surface area contributed by atoms with Gasteiger partial charge >= 0.3 is 0 Å². The monoisotopic (exact) mass is 382 g/mol. The number of hydrogen-bond acceptors (Lipinski definition) is 5. The van der Waals surface area contributed by atoms with E-state index in [2.05, 4.69) is 4.98 Å². The van der Waals surface area contributed by atoms with E-state index in [0.717, 1.165) is 18.3 Å². The number of sulfone groups is 1. The summed E-state index contributed by atoms with van der Waals surface area (Å²) < 4.78 is 50.9. The second kappa shape index (κ2) is 7.59. The van der Waals surface area contributed by atoms with Crippen LogP contribution in [-0.4, -0.2) is 30.7 Å². The van der Waals surface area contributed by atoms with E-state index < -0.39 is 32.8 Å². The van der Waals surface area contributed by atoms with Crippen LogP contribution in [0.5, 0.6) is 0 Å². The summed E-state index contributed by atoms with van der Waals surface area (Å²) >= 11 is 0. The van der Waals surface area contributed by atoms with E-state index in [0.29, 0.717) is 5.56 Å². The molecule has 0 saturated carbocycles. The molecule has 2 N–H and O–H groups in total. The molecule has 0 spiro atoms. The molecule has 26 heavy (non-hydrogen) atoms. The second-order valence-electron chi connectivity index (χ2n) is 6.37. The summed E-state index contributed by atoms with van der Waals surface area (Å²) in [5, 5.41) is 0. The van der Waals surface area contributed by atoms with E-state index in [9.17, 15) is 22.0 Å². The average molecular weight is 382 g/mol. The molecule has 1 heterocycles. The highest BCUT2D eigenvalue weighted by Crippen LogP contribution is 2.25. The predicted octanol–water partition coefficient (Wildman–Crippen LogP) is 2.39. The van der Waals surface area contributed by atoms with Gasteiger partial charge in [0.1, 0.15) is 17.3 Å². The van der Waals surface area contributed by atoms with Crippen LogP contribution >= 0.6 is 0 Å². The van der Waals surface area contributed by atoms with Crippen molar-refractivity contribution in [2.75, 3.05) is 11.5 Å². The molecule has 2 rings (SSSR count). The molecule has 2 aromatic rings. The number of pyridine rings is 1. The van der Waals surface area contributed by atoms with Crippen molar-refractivity contribution < 1.29 is 22.0 Å². The first-order chi connectivity index (χ1) is 12.0. The van der Waals surface area contributed by atoms with Crippen molar-refractivity contribution in [3.63, 3.8) is 0 Å². The quantitative estimate of drug-likeness (QED) is 0.743. The summed E-state index contributed by atoms with van der Waals surface area (Å²) in [4.78, 5) is 16.0. The molecule has 0 saturated heterocycles. The van der Waals surface area contributed by atoms with Gasteiger partial charge in [0.25, 0.3) is 0 Å². The predicted molar refractivity (Wildman–Crippen MR) is 94.5 cm³/mol. The van der Waals surface area contributed by atoms with Crippen LogP contribution in [0, 0.1) is 11.6 Å². The standard InChI is InChI=1S/C18H20F2N2O3S/c1-3-26(24,25)11-18(2,21)14-8-12(4-6-15(14)20)9-17(23)16-7-5-13(19)10-22-16/h4-8,10H,3,9,11,21H2,1-2H3/t18-/m0/s1. The fourth-order valence-electron chi connectivity index (χ4n) is 2.57. The fourth-order valence-corrected chi connectivity index (χ4v) is 3.85. The van der Waals surface area contributed by atoms with Crippen molar-refractivity contribution in [1.29, 1.82) is 0 Å². The summed E-state index contributed by atoms with van der Waals surface area (Å²) in [5.41, 5.74) is 5.20. The van der Waals surface area contributed by atoms with E-state index in [-0.39, 0.29) is 29.2 Å². The summed E-state index contributed by atoms with van der Waals surface area (Å²) in [7, 11) is -3.43. The number of aromatic nitrogens is 1. The molecular formula is C18H20F2N2O3S. The van der Waals surface area contributed by atoms with Gasteiger partial charge in [0, 0.05) is 17.7 Å². The van der Waals surface area contributed by atoms with E-state index in [1.807, 2.05) is 0 Å². The number of nitrogens with zero attached hydrogens (tertiary/aromatic N) is 1. The van der Waals surface area contributed by atoms with Gasteiger partial charge in [-0.15, -0.1) is 0 Å². The number of rotatable bonds is 7. The lowest BCUT2D eigenvalue weighted by atomic mass is 9.92. The number of hydrogen-bond donors (Lipinski definition) is 1. The summed E-state index contributed by atoms with van der Waals surface area (Å²) in [6.07, 6.45) is 0.846. The zero-order valence-corrected chi connectivity index (χ0v) is 15.3. The molecule has 5 nitrogen and oxygen atoms in total. The number of nitrogens with two attached hydrogens (primary N) is 1. The maximum absolute atomic E-state index is 14.2. The van der Waals surface area contributed by atoms with Gasteiger partial charge in [-0.3, -0.25) is 9.78 Å². The lowest BCUT2D eigenvalue weighted by Crippen LogP contribution is -2.41. The second-order valence-corrected chi connectivity index (χ2v) is 8.72. The molecule has 8 heteroatoms. The van der Waals surface area contributed by atoms with Gasteiger partial charge in [-0.2, -0.15) is 0 Å². The van der Waals surface area contributed by atoms with Gasteiger partial charge in [0.05, 0.1) is 17.5 Å². The van der Waals surface area contributed by atoms with E-state index in [4.69, 9.17) is 5.73 Å². The molecule has 0 fully saturated rings. The third-order valence-electron chi connectivity index (χ3n) is 3.98. The van der Waals surface area contributed by atoms with Crippen LogP contribution < -0.4 is 5.73 Å². The first-order valence-corrected chi connectivity index (χ1v) is 9.79. The van der Waals surface area contributed by atoms with Crippen molar-refractivity contribution >= 4 is 15.6 Å². The van der Waals surface area contributed by atoms with E-state index in [1.54, 1.807) is 0 Å². The minimum atomic E-state index is -3.43. The largest absolute Gasteiger partial charge is 0.321 e. The number of carbonyl (C=O) groups is 1. The number of ketones is 1. The Hall–Kier alpha value is -2.19. The first-order valence-electron chi connectivity index (χ1n) is 7.97. The number of halogens is 2. The van der Waals surface area contributed by atoms with Crippen LogP contribution in [0.2, 0.25) is 0 Å². The van der Waals surface area contributed by atoms with Crippen molar-refractivity contribution in [1.82, 2.24) is 4.98 Å². The maximum atomic E-state index is 14.2. The Morgan fingerprint density at radius 1 is 1.23 bits per heavy atom. The molecule has 140 valence electrons. The Bertz CT molecular complexity index is 911. The SMILES string of the molecule is CCS(=O)(=O)C[C@](C)(N)c1cc(CC(=O)c2ccc(F)cn2)ccc1F. The van der Waals surface area contributed by atoms with Crippen LogP contribution in [0.15, 0.2) is 36.5 Å². The molecule has 0 aliphatic carbocycles. The highest BCUT2D eigenvalue weighted by Gasteiger charge is 2.30. The van der Waals surface area contributed by atoms with Crippen molar-refractivity contribution in [2.45, 2.75) is 25.8 Å². The van der Waals surface area contributed by atoms with Crippen LogP contribution in [0.25, 0.3) is 0 Å². The van der Waals surface area contributed by atoms with Crippen LogP contribution in [-0.2, 0) is 21.8 Å². The molecule has 1 aromatic heterocycles. The Labute approximate surface area is 151 Å². The Balaban J connectivity index is 2.29. The molecule has 0 unspecified atom stereocenters. The Kier molecular flexibility index (Phi) is 5.87. The molecule has 0 bridgehead atoms. The van der Waals surface area contributed by atoms with Gasteiger partial charge in [0.15, 0.2) is 15.6 Å². The van der Waals surface area contributed by atoms with Crippen LogP contribution in [0.4, 0.5) is 8.78 Å². The highest BCUT2D eigenvalue weighted by atomic mass is 32.2. The normalized spacial score (nSPS) is 14.0. The van der Waals surface area contributed by atoms with E-state index >= 15 is 0 Å². The first kappa shape index (κ1) is 20.1. The Morgan fingerprint density at radius 2 is 1.92 bits per heavy atom. The van der Waals surface area contributed by atoms with Gasteiger partial charge in [-0.05, 0) is 30.7 Å². The third-order valence-corrected chi connectivity index (χ3v) is 5.90. The van der Waals surface area contributed by atoms with Gasteiger partial charge in [-0.25, -0.2) is 17.2 Å². The molecule has 1 atom stereocenters. The average Bonchev–Trinajstić information content (AvgIpc) is 2.56. The van der Waals surface area contributed by atoms with Crippen molar-refractivity contribution in [3.8, 4) is 0 Å². The van der Waals surface area contributed by atoms with Gasteiger partial charge in [-0.1, -0.05) is 19.1 Å². The molecule has 0 aliphatic rings. The number of carbonyl (C=O) groups excluding carboxylic acids is 1. The summed E-state index contributed by atoms with van der Waals surface area (Å²) in [6, 6.07) is 6.36. The molecule has 0 radical (unpaired) electrons. The van der Waals surface area contributed by atoms with Gasteiger partial charge < -0.3 is 5.73 Å². The molecule has 1 aromatic carbocycles. The Morgan fingerprint density at radius 3 is 2.50 bits per heavy atom. The van der Waals surface area contributed by atoms with Crippen molar-refractivity contribution in [3.05, 3.63) is 65.0 Å². The molecular weight excluding hydrogens is 362 g/mol. The number of benzene rings is 1. The molecule has 0 aliphatic heterocycles. The summed E-state index contributed by atoms with van der Waals surface area (Å²) in [6.45, 7) is 2.93. The minimum absolute atomic E-state index is 0.0203. The lowest BCUT2D eigenvalue weighted by molar-refractivity contribution is 0.0988. The fraction of sp³-hybridized carbons (Fsp3) is 0.333. The zero-order chi connectivity index (χ0) is 19.5. The third kappa shape index (κ3) is 4.92. The summed E-state index contributed by atoms with van der Waals surface area (Å²) in [5.74, 6) is -2.08. The smallest absolute Gasteiger partial charge is 0.185 e. The van der Waals surface area contributed by atoms with Crippen LogP contribution in [0.3, 0.4) is 0 Å². The topological polar surface area (TPSA) is 90.1 Å². The maximum Gasteiger partial charge on any atom is 0.185 e. The van der Waals surface area contributed by atoms with E-state index in [1.165, 1.54) is 32.0 Å². The van der Waals surface area contributed by atoms with Crippen molar-refractivity contribution in [2.24, 2.45) is 5.73 Å². The minimum Gasteiger partial charge on any atom is -0.321 e. The lowest BCUT2D eigenvalue weighted by Gasteiger charge is -2.26. The zero-order valence-electron chi connectivity index (χ0n) is 14.5. The molecule has 0 amide bonds. The highest BCUT2D eigenvalue weighted by molar-refractivity contribution is 7.91. The number of Topliss-reactive ketones (excluding diaryl/α,β-unsaturated/α-hetero) is 1. The van der Waals surface area contributed by atoms with Gasteiger partial charge in [0.2, 0.25) is 0 Å². The van der Waals surface area contributed by atoms with Crippen LogP contribution in [0.1, 0.15) is 35.5 Å².